The van der Waals surface area contributed by atoms with Gasteiger partial charge in [-0.1, -0.05) is 6.58 Å². The number of halogens is 4. The van der Waals surface area contributed by atoms with Crippen LogP contribution in [0.5, 0.6) is 0 Å². The maximum Gasteiger partial charge on any atom is 0.328 e. The predicted molar refractivity (Wildman–Crippen MR) is 90.9 cm³/mol. The Morgan fingerprint density at radius 3 is 2.52 bits per heavy atom. The maximum absolute atomic E-state index is 13.3. The lowest BCUT2D eigenvalue weighted by Crippen LogP contribution is -2.48. The molecular formula is C17H20F4N4O2. The Kier molecular flexibility index (Phi) is 5.00. The molecule has 0 unspecified atom stereocenters. The lowest BCUT2D eigenvalue weighted by Gasteiger charge is -2.36. The molecule has 1 aliphatic heterocycles. The van der Waals surface area contributed by atoms with Crippen LogP contribution in [-0.4, -0.2) is 40.4 Å². The summed E-state index contributed by atoms with van der Waals surface area (Å²) in [5.74, 6) is -3.44. The van der Waals surface area contributed by atoms with Crippen molar-refractivity contribution in [3.8, 4) is 0 Å². The lowest BCUT2D eigenvalue weighted by molar-refractivity contribution is -0.0462. The van der Waals surface area contributed by atoms with Crippen molar-refractivity contribution in [2.45, 2.75) is 44.5 Å². The quantitative estimate of drug-likeness (QED) is 0.799. The number of nitrogens with zero attached hydrogens (tertiary/aromatic N) is 3. The van der Waals surface area contributed by atoms with Crippen LogP contribution in [0.1, 0.15) is 50.0 Å². The number of nitrogens with one attached hydrogen (secondary N) is 1. The molecule has 0 bridgehead atoms. The van der Waals surface area contributed by atoms with Gasteiger partial charge in [-0.25, -0.2) is 27.3 Å². The Morgan fingerprint density at radius 2 is 1.93 bits per heavy atom. The van der Waals surface area contributed by atoms with Gasteiger partial charge >= 0.3 is 6.03 Å². The van der Waals surface area contributed by atoms with Gasteiger partial charge in [0.2, 0.25) is 5.92 Å². The third-order valence-electron chi connectivity index (χ3n) is 5.18. The molecular weight excluding hydrogens is 368 g/mol. The molecule has 1 aromatic rings. The maximum atomic E-state index is 13.3. The first-order chi connectivity index (χ1) is 12.6. The van der Waals surface area contributed by atoms with Crippen LogP contribution in [-0.2, 0) is 0 Å². The van der Waals surface area contributed by atoms with Crippen LogP contribution in [0.4, 0.5) is 28.0 Å². The molecule has 1 saturated carbocycles. The number of urea groups is 1. The number of aromatic amines is 1. The SMILES string of the molecule is C=C1c2nc(C(F)F)[nH]c(=O)c2N(CCC2CCC(F)(F)CC2)C(=O)N1C. The third kappa shape index (κ3) is 3.70. The number of rotatable bonds is 4. The van der Waals surface area contributed by atoms with Crippen molar-refractivity contribution in [1.82, 2.24) is 14.9 Å². The lowest BCUT2D eigenvalue weighted by atomic mass is 9.84. The van der Waals surface area contributed by atoms with Crippen LogP contribution in [0.2, 0.25) is 0 Å². The Bertz CT molecular complexity index is 814. The molecule has 1 N–H and O–H groups in total. The molecule has 1 aromatic heterocycles. The van der Waals surface area contributed by atoms with Crippen molar-refractivity contribution < 1.29 is 22.4 Å². The summed E-state index contributed by atoms with van der Waals surface area (Å²) in [6, 6.07) is -0.536. The van der Waals surface area contributed by atoms with Crippen LogP contribution in [0.3, 0.4) is 0 Å². The zero-order valence-electron chi connectivity index (χ0n) is 14.8. The molecule has 0 spiro atoms. The summed E-state index contributed by atoms with van der Waals surface area (Å²) in [4.78, 5) is 33.0. The zero-order chi connectivity index (χ0) is 19.9. The van der Waals surface area contributed by atoms with E-state index in [2.05, 4.69) is 11.6 Å². The second-order valence-electron chi connectivity index (χ2n) is 6.98. The number of amides is 2. The monoisotopic (exact) mass is 388 g/mol. The van der Waals surface area contributed by atoms with Crippen molar-refractivity contribution in [2.24, 2.45) is 5.92 Å². The number of fused-ring (bicyclic) bond motifs is 1. The van der Waals surface area contributed by atoms with Crippen LogP contribution >= 0.6 is 0 Å². The van der Waals surface area contributed by atoms with E-state index in [1.165, 1.54) is 7.05 Å². The van der Waals surface area contributed by atoms with Gasteiger partial charge in [0.25, 0.3) is 12.0 Å². The van der Waals surface area contributed by atoms with E-state index in [4.69, 9.17) is 0 Å². The average molecular weight is 388 g/mol. The summed E-state index contributed by atoms with van der Waals surface area (Å²) in [5.41, 5.74) is -1.01. The zero-order valence-corrected chi connectivity index (χ0v) is 14.8. The predicted octanol–water partition coefficient (Wildman–Crippen LogP) is 3.77. The topological polar surface area (TPSA) is 69.3 Å². The number of alkyl halides is 4. The van der Waals surface area contributed by atoms with Crippen molar-refractivity contribution in [2.75, 3.05) is 18.5 Å². The fourth-order valence-corrected chi connectivity index (χ4v) is 3.50. The fraction of sp³-hybridized carbons (Fsp3) is 0.588. The van der Waals surface area contributed by atoms with Crippen LogP contribution < -0.4 is 10.5 Å². The number of anilines is 1. The normalized spacial score (nSPS) is 20.4. The van der Waals surface area contributed by atoms with Gasteiger partial charge in [-0.2, -0.15) is 0 Å². The highest BCUT2D eigenvalue weighted by atomic mass is 19.3. The molecule has 2 heterocycles. The standard InChI is InChI=1S/C17H20F4N4O2/c1-9-11-12(15(26)23-14(22-11)13(18)19)25(16(27)24(9)2)8-5-10-3-6-17(20,21)7-4-10/h10,13H,1,3-8H2,2H3,(H,22,23,26). The molecule has 0 atom stereocenters. The highest BCUT2D eigenvalue weighted by Crippen LogP contribution is 2.38. The minimum Gasteiger partial charge on any atom is -0.304 e. The molecule has 1 fully saturated rings. The Balaban J connectivity index is 1.86. The first-order valence-electron chi connectivity index (χ1n) is 8.65. The average Bonchev–Trinajstić information content (AvgIpc) is 2.61. The molecule has 2 aliphatic rings. The number of carbonyl (C=O) groups is 1. The molecule has 27 heavy (non-hydrogen) atoms. The van der Waals surface area contributed by atoms with E-state index < -0.39 is 29.8 Å². The first kappa shape index (κ1) is 19.4. The summed E-state index contributed by atoms with van der Waals surface area (Å²) in [5, 5.41) is 0. The van der Waals surface area contributed by atoms with Gasteiger partial charge in [-0.3, -0.25) is 14.6 Å². The minimum absolute atomic E-state index is 0.00341. The Labute approximate surface area is 152 Å². The number of hydrogen-bond donors (Lipinski definition) is 1. The molecule has 6 nitrogen and oxygen atoms in total. The number of H-pyrrole nitrogens is 1. The Hall–Kier alpha value is -2.39. The molecule has 1 aliphatic carbocycles. The van der Waals surface area contributed by atoms with E-state index >= 15 is 0 Å². The largest absolute Gasteiger partial charge is 0.328 e. The van der Waals surface area contributed by atoms with E-state index in [0.717, 1.165) is 9.80 Å². The summed E-state index contributed by atoms with van der Waals surface area (Å²) in [7, 11) is 1.41. The van der Waals surface area contributed by atoms with Crippen LogP contribution in [0.15, 0.2) is 11.4 Å². The second kappa shape index (κ2) is 6.97. The van der Waals surface area contributed by atoms with Gasteiger partial charge < -0.3 is 4.98 Å². The molecule has 0 saturated heterocycles. The van der Waals surface area contributed by atoms with Gasteiger partial charge in [-0.05, 0) is 25.2 Å². The summed E-state index contributed by atoms with van der Waals surface area (Å²) in [6.07, 6.45) is -2.27. The molecule has 0 aromatic carbocycles. The summed E-state index contributed by atoms with van der Waals surface area (Å²) >= 11 is 0. The molecule has 3 rings (SSSR count). The van der Waals surface area contributed by atoms with Crippen LogP contribution in [0.25, 0.3) is 5.70 Å². The van der Waals surface area contributed by atoms with Crippen molar-refractivity contribution in [3.05, 3.63) is 28.5 Å². The van der Waals surface area contributed by atoms with E-state index in [-0.39, 0.29) is 42.4 Å². The summed E-state index contributed by atoms with van der Waals surface area (Å²) in [6.45, 7) is 3.77. The molecule has 2 amide bonds. The van der Waals surface area contributed by atoms with Crippen molar-refractivity contribution in [1.29, 1.82) is 0 Å². The third-order valence-corrected chi connectivity index (χ3v) is 5.18. The van der Waals surface area contributed by atoms with Gasteiger partial charge in [0.15, 0.2) is 5.82 Å². The fourth-order valence-electron chi connectivity index (χ4n) is 3.50. The Morgan fingerprint density at radius 1 is 1.30 bits per heavy atom. The number of hydrogen-bond acceptors (Lipinski definition) is 3. The van der Waals surface area contributed by atoms with E-state index in [1.54, 1.807) is 0 Å². The molecule has 0 radical (unpaired) electrons. The highest BCUT2D eigenvalue weighted by Gasteiger charge is 2.38. The minimum atomic E-state index is -2.98. The van der Waals surface area contributed by atoms with Crippen molar-refractivity contribution in [3.63, 3.8) is 0 Å². The first-order valence-corrected chi connectivity index (χ1v) is 8.65. The van der Waals surface area contributed by atoms with Gasteiger partial charge in [-0.15, -0.1) is 0 Å². The van der Waals surface area contributed by atoms with E-state index in [1.807, 2.05) is 4.98 Å². The molecule has 10 heteroatoms. The number of carbonyl (C=O) groups excluding carboxylic acids is 1. The highest BCUT2D eigenvalue weighted by molar-refractivity contribution is 6.03. The second-order valence-corrected chi connectivity index (χ2v) is 6.98. The molecule has 148 valence electrons. The smallest absolute Gasteiger partial charge is 0.304 e. The van der Waals surface area contributed by atoms with Crippen LogP contribution in [0, 0.1) is 5.92 Å². The van der Waals surface area contributed by atoms with Gasteiger partial charge in [0, 0.05) is 26.4 Å². The number of aromatic nitrogens is 2. The van der Waals surface area contributed by atoms with E-state index in [0.29, 0.717) is 19.3 Å². The van der Waals surface area contributed by atoms with Gasteiger partial charge in [0.05, 0.1) is 5.70 Å². The van der Waals surface area contributed by atoms with E-state index in [9.17, 15) is 27.2 Å². The van der Waals surface area contributed by atoms with Gasteiger partial charge in [0.1, 0.15) is 11.4 Å². The van der Waals surface area contributed by atoms with Crippen molar-refractivity contribution >= 4 is 17.4 Å². The summed E-state index contributed by atoms with van der Waals surface area (Å²) < 4.78 is 52.5.